The molecule has 0 spiro atoms. The fraction of sp³-hybridized carbons (Fsp3) is 0.333. The van der Waals surface area contributed by atoms with Gasteiger partial charge < -0.3 is 10.1 Å². The summed E-state index contributed by atoms with van der Waals surface area (Å²) >= 11 is 0. The van der Waals surface area contributed by atoms with Crippen LogP contribution in [0, 0.1) is 0 Å². The number of hydrogen-bond acceptors (Lipinski definition) is 2. The lowest BCUT2D eigenvalue weighted by Gasteiger charge is -2.18. The number of nitrogens with one attached hydrogen (secondary N) is 1. The van der Waals surface area contributed by atoms with E-state index in [1.54, 1.807) is 7.11 Å². The second-order valence-electron chi connectivity index (χ2n) is 5.05. The molecule has 0 aliphatic rings. The molecule has 0 aliphatic carbocycles. The Balaban J connectivity index is 2.08. The van der Waals surface area contributed by atoms with E-state index in [4.69, 9.17) is 4.74 Å². The smallest absolute Gasteiger partial charge is 0.124 e. The number of ether oxygens (including phenoxy) is 1. The van der Waals surface area contributed by atoms with Crippen LogP contribution in [0.2, 0.25) is 0 Å². The molecule has 2 heteroatoms. The van der Waals surface area contributed by atoms with Crippen molar-refractivity contribution < 1.29 is 4.74 Å². The van der Waals surface area contributed by atoms with Crippen molar-refractivity contribution in [2.45, 2.75) is 32.7 Å². The normalized spacial score (nSPS) is 11.9. The first kappa shape index (κ1) is 14.4. The Bertz CT molecular complexity index is 533. The van der Waals surface area contributed by atoms with Crippen LogP contribution in [-0.2, 0) is 6.42 Å². The van der Waals surface area contributed by atoms with Gasteiger partial charge in [0.1, 0.15) is 5.75 Å². The number of aryl methyl sites for hydroxylation is 1. The van der Waals surface area contributed by atoms with E-state index in [-0.39, 0.29) is 6.04 Å². The maximum atomic E-state index is 5.42. The molecule has 0 bridgehead atoms. The molecule has 20 heavy (non-hydrogen) atoms. The fourth-order valence-corrected chi connectivity index (χ4v) is 2.41. The summed E-state index contributed by atoms with van der Waals surface area (Å²) in [7, 11) is 1.71. The van der Waals surface area contributed by atoms with E-state index < -0.39 is 0 Å². The van der Waals surface area contributed by atoms with Gasteiger partial charge in [0, 0.05) is 11.3 Å². The minimum atomic E-state index is 0.211. The van der Waals surface area contributed by atoms with Gasteiger partial charge in [0.25, 0.3) is 0 Å². The number of benzene rings is 2. The first-order valence-electron chi connectivity index (χ1n) is 7.23. The molecule has 1 atom stereocenters. The lowest BCUT2D eigenvalue weighted by molar-refractivity contribution is 0.408. The summed E-state index contributed by atoms with van der Waals surface area (Å²) < 4.78 is 5.42. The SMILES string of the molecule is CCCc1ccc(NC(C)c2ccccc2OC)cc1. The predicted octanol–water partition coefficient (Wildman–Crippen LogP) is 4.82. The Labute approximate surface area is 121 Å². The molecule has 0 saturated heterocycles. The van der Waals surface area contributed by atoms with Crippen molar-refractivity contribution in [3.05, 3.63) is 59.7 Å². The molecular weight excluding hydrogens is 246 g/mol. The zero-order chi connectivity index (χ0) is 14.4. The van der Waals surface area contributed by atoms with Crippen LogP contribution in [-0.4, -0.2) is 7.11 Å². The highest BCUT2D eigenvalue weighted by Gasteiger charge is 2.10. The quantitative estimate of drug-likeness (QED) is 0.811. The van der Waals surface area contributed by atoms with Gasteiger partial charge in [-0.3, -0.25) is 0 Å². The first-order valence-corrected chi connectivity index (χ1v) is 7.23. The van der Waals surface area contributed by atoms with Crippen LogP contribution in [0.15, 0.2) is 48.5 Å². The van der Waals surface area contributed by atoms with E-state index >= 15 is 0 Å². The van der Waals surface area contributed by atoms with E-state index in [1.165, 1.54) is 17.5 Å². The molecule has 1 unspecified atom stereocenters. The Hall–Kier alpha value is -1.96. The minimum Gasteiger partial charge on any atom is -0.496 e. The topological polar surface area (TPSA) is 21.3 Å². The van der Waals surface area contributed by atoms with Gasteiger partial charge in [0.15, 0.2) is 0 Å². The van der Waals surface area contributed by atoms with Gasteiger partial charge in [-0.15, -0.1) is 0 Å². The molecule has 0 fully saturated rings. The van der Waals surface area contributed by atoms with Crippen LogP contribution in [0.5, 0.6) is 5.75 Å². The van der Waals surface area contributed by atoms with Crippen LogP contribution >= 0.6 is 0 Å². The van der Waals surface area contributed by atoms with Gasteiger partial charge in [-0.1, -0.05) is 43.7 Å². The van der Waals surface area contributed by atoms with Crippen LogP contribution in [0.4, 0.5) is 5.69 Å². The highest BCUT2D eigenvalue weighted by molar-refractivity contribution is 5.48. The third kappa shape index (κ3) is 3.53. The first-order chi connectivity index (χ1) is 9.74. The zero-order valence-corrected chi connectivity index (χ0v) is 12.5. The molecule has 0 amide bonds. The third-order valence-corrected chi connectivity index (χ3v) is 3.48. The molecule has 0 radical (unpaired) electrons. The van der Waals surface area contributed by atoms with Gasteiger partial charge >= 0.3 is 0 Å². The third-order valence-electron chi connectivity index (χ3n) is 3.48. The van der Waals surface area contributed by atoms with Crippen LogP contribution < -0.4 is 10.1 Å². The molecule has 0 heterocycles. The van der Waals surface area contributed by atoms with Gasteiger partial charge in [0.2, 0.25) is 0 Å². The number of rotatable bonds is 6. The maximum absolute atomic E-state index is 5.42. The van der Waals surface area contributed by atoms with E-state index in [0.29, 0.717) is 0 Å². The van der Waals surface area contributed by atoms with E-state index in [2.05, 4.69) is 49.5 Å². The maximum Gasteiger partial charge on any atom is 0.124 e. The number of hydrogen-bond donors (Lipinski definition) is 1. The molecule has 2 nitrogen and oxygen atoms in total. The molecular formula is C18H23NO. The zero-order valence-electron chi connectivity index (χ0n) is 12.5. The standard InChI is InChI=1S/C18H23NO/c1-4-7-15-10-12-16(13-11-15)19-14(2)17-8-5-6-9-18(17)20-3/h5-6,8-14,19H,4,7H2,1-3H3. The second kappa shape index (κ2) is 6.99. The van der Waals surface area contributed by atoms with Crippen molar-refractivity contribution in [2.75, 3.05) is 12.4 Å². The van der Waals surface area contributed by atoms with Crippen molar-refractivity contribution in [1.29, 1.82) is 0 Å². The lowest BCUT2D eigenvalue weighted by Crippen LogP contribution is -2.08. The van der Waals surface area contributed by atoms with Crippen molar-refractivity contribution in [3.8, 4) is 5.75 Å². The summed E-state index contributed by atoms with van der Waals surface area (Å²) in [6, 6.07) is 17.0. The highest BCUT2D eigenvalue weighted by Crippen LogP contribution is 2.27. The molecule has 106 valence electrons. The molecule has 0 aliphatic heterocycles. The van der Waals surface area contributed by atoms with Crippen molar-refractivity contribution >= 4 is 5.69 Å². The largest absolute Gasteiger partial charge is 0.496 e. The lowest BCUT2D eigenvalue weighted by atomic mass is 10.1. The summed E-state index contributed by atoms with van der Waals surface area (Å²) in [4.78, 5) is 0. The second-order valence-corrected chi connectivity index (χ2v) is 5.05. The highest BCUT2D eigenvalue weighted by atomic mass is 16.5. The molecule has 1 N–H and O–H groups in total. The Morgan fingerprint density at radius 2 is 1.75 bits per heavy atom. The summed E-state index contributed by atoms with van der Waals surface area (Å²) in [5, 5.41) is 3.52. The summed E-state index contributed by atoms with van der Waals surface area (Å²) in [6.45, 7) is 4.35. The van der Waals surface area contributed by atoms with Gasteiger partial charge in [0.05, 0.1) is 13.2 Å². The van der Waals surface area contributed by atoms with Crippen LogP contribution in [0.1, 0.15) is 37.4 Å². The molecule has 0 aromatic heterocycles. The predicted molar refractivity (Wildman–Crippen MR) is 85.5 cm³/mol. The molecule has 2 rings (SSSR count). The Morgan fingerprint density at radius 3 is 2.40 bits per heavy atom. The Kier molecular flexibility index (Phi) is 5.05. The monoisotopic (exact) mass is 269 g/mol. The fourth-order valence-electron chi connectivity index (χ4n) is 2.41. The van der Waals surface area contributed by atoms with E-state index in [9.17, 15) is 0 Å². The summed E-state index contributed by atoms with van der Waals surface area (Å²) in [5.74, 6) is 0.926. The van der Waals surface area contributed by atoms with Crippen molar-refractivity contribution in [2.24, 2.45) is 0 Å². The average Bonchev–Trinajstić information content (AvgIpc) is 2.49. The summed E-state index contributed by atoms with van der Waals surface area (Å²) in [6.07, 6.45) is 2.33. The number of para-hydroxylation sites is 1. The van der Waals surface area contributed by atoms with Crippen LogP contribution in [0.25, 0.3) is 0 Å². The molecule has 2 aromatic rings. The van der Waals surface area contributed by atoms with Gasteiger partial charge in [-0.2, -0.15) is 0 Å². The number of methoxy groups -OCH3 is 1. The number of anilines is 1. The van der Waals surface area contributed by atoms with Gasteiger partial charge in [-0.25, -0.2) is 0 Å². The van der Waals surface area contributed by atoms with Crippen LogP contribution in [0.3, 0.4) is 0 Å². The van der Waals surface area contributed by atoms with Crippen molar-refractivity contribution in [1.82, 2.24) is 0 Å². The minimum absolute atomic E-state index is 0.211. The van der Waals surface area contributed by atoms with E-state index in [0.717, 1.165) is 17.9 Å². The Morgan fingerprint density at radius 1 is 1.05 bits per heavy atom. The average molecular weight is 269 g/mol. The van der Waals surface area contributed by atoms with E-state index in [1.807, 2.05) is 18.2 Å². The summed E-state index contributed by atoms with van der Waals surface area (Å²) in [5.41, 5.74) is 3.71. The van der Waals surface area contributed by atoms with Gasteiger partial charge in [-0.05, 0) is 37.1 Å². The molecule has 2 aromatic carbocycles. The van der Waals surface area contributed by atoms with Crippen molar-refractivity contribution in [3.63, 3.8) is 0 Å². The molecule has 0 saturated carbocycles.